The van der Waals surface area contributed by atoms with Crippen molar-refractivity contribution in [3.05, 3.63) is 0 Å². The Balaban J connectivity index is 5.13. The van der Waals surface area contributed by atoms with Gasteiger partial charge in [0.15, 0.2) is 0 Å². The topological polar surface area (TPSA) is 20.3 Å². The van der Waals surface area contributed by atoms with Crippen molar-refractivity contribution in [2.24, 2.45) is 11.3 Å². The number of rotatable bonds is 5. The highest BCUT2D eigenvalue weighted by atomic mass is 16.2. The minimum atomic E-state index is -0.228. The van der Waals surface area contributed by atoms with E-state index in [0.717, 1.165) is 6.42 Å². The molecule has 0 aliphatic heterocycles. The molecule has 1 atom stereocenters. The summed E-state index contributed by atoms with van der Waals surface area (Å²) in [6.07, 6.45) is 0.902. The second-order valence-corrected chi connectivity index (χ2v) is 5.83. The van der Waals surface area contributed by atoms with Crippen LogP contribution in [0.3, 0.4) is 0 Å². The summed E-state index contributed by atoms with van der Waals surface area (Å²) in [5.74, 6) is 0.681. The number of hydrogen-bond donors (Lipinski definition) is 0. The Morgan fingerprint density at radius 3 is 1.62 bits per heavy atom. The fourth-order valence-corrected chi connectivity index (χ4v) is 2.17. The SMILES string of the molecule is CCC(C)(C(=O)N(C(C)C)C(C)C)C(C)C. The molecule has 0 radical (unpaired) electrons. The molecule has 0 saturated heterocycles. The van der Waals surface area contributed by atoms with E-state index < -0.39 is 0 Å². The van der Waals surface area contributed by atoms with E-state index in [4.69, 9.17) is 0 Å². The largest absolute Gasteiger partial charge is 0.337 e. The Morgan fingerprint density at radius 2 is 1.44 bits per heavy atom. The summed E-state index contributed by atoms with van der Waals surface area (Å²) in [4.78, 5) is 14.7. The number of nitrogens with zero attached hydrogens (tertiary/aromatic N) is 1. The molecule has 1 amide bonds. The molecular weight excluding hydrogens is 198 g/mol. The molecule has 16 heavy (non-hydrogen) atoms. The first kappa shape index (κ1) is 15.5. The molecule has 0 rings (SSSR count). The highest BCUT2D eigenvalue weighted by Crippen LogP contribution is 2.34. The summed E-state index contributed by atoms with van der Waals surface area (Å²) in [6.45, 7) is 16.8. The van der Waals surface area contributed by atoms with Crippen LogP contribution < -0.4 is 0 Å². The van der Waals surface area contributed by atoms with Crippen LogP contribution in [0.25, 0.3) is 0 Å². The van der Waals surface area contributed by atoms with Crippen molar-refractivity contribution in [2.45, 2.75) is 73.9 Å². The van der Waals surface area contributed by atoms with E-state index in [1.807, 2.05) is 4.90 Å². The Hall–Kier alpha value is -0.530. The standard InChI is InChI=1S/C14H29NO/c1-9-14(8,10(2)3)13(16)15(11(4)5)12(6)7/h10-12H,9H2,1-8H3. The van der Waals surface area contributed by atoms with Crippen LogP contribution in [0.1, 0.15) is 61.8 Å². The van der Waals surface area contributed by atoms with E-state index in [9.17, 15) is 4.79 Å². The lowest BCUT2D eigenvalue weighted by atomic mass is 9.75. The molecule has 2 nitrogen and oxygen atoms in total. The third-order valence-electron chi connectivity index (χ3n) is 3.84. The van der Waals surface area contributed by atoms with Gasteiger partial charge in [-0.25, -0.2) is 0 Å². The first-order valence-corrected chi connectivity index (χ1v) is 6.51. The van der Waals surface area contributed by atoms with E-state index in [0.29, 0.717) is 11.8 Å². The van der Waals surface area contributed by atoms with Crippen LogP contribution in [0.15, 0.2) is 0 Å². The second kappa shape index (κ2) is 5.70. The summed E-state index contributed by atoms with van der Waals surface area (Å²) in [6, 6.07) is 0.550. The van der Waals surface area contributed by atoms with Crippen molar-refractivity contribution in [1.29, 1.82) is 0 Å². The van der Waals surface area contributed by atoms with Crippen LogP contribution in [0, 0.1) is 11.3 Å². The number of carbonyl (C=O) groups excluding carboxylic acids is 1. The van der Waals surface area contributed by atoms with Crippen LogP contribution in [0.4, 0.5) is 0 Å². The molecule has 0 spiro atoms. The summed E-state index contributed by atoms with van der Waals surface area (Å²) >= 11 is 0. The van der Waals surface area contributed by atoms with E-state index in [1.54, 1.807) is 0 Å². The predicted molar refractivity (Wildman–Crippen MR) is 70.4 cm³/mol. The molecule has 0 heterocycles. The molecule has 0 bridgehead atoms. The lowest BCUT2D eigenvalue weighted by Gasteiger charge is -2.41. The minimum Gasteiger partial charge on any atom is -0.337 e. The van der Waals surface area contributed by atoms with Gasteiger partial charge in [-0.05, 0) is 40.0 Å². The van der Waals surface area contributed by atoms with Gasteiger partial charge < -0.3 is 4.90 Å². The fourth-order valence-electron chi connectivity index (χ4n) is 2.17. The van der Waals surface area contributed by atoms with E-state index in [2.05, 4.69) is 55.4 Å². The van der Waals surface area contributed by atoms with E-state index >= 15 is 0 Å². The molecule has 1 unspecified atom stereocenters. The first-order valence-electron chi connectivity index (χ1n) is 6.51. The van der Waals surface area contributed by atoms with Crippen LogP contribution in [0.2, 0.25) is 0 Å². The van der Waals surface area contributed by atoms with Gasteiger partial charge in [0.2, 0.25) is 5.91 Å². The Labute approximate surface area is 101 Å². The van der Waals surface area contributed by atoms with Crippen LogP contribution >= 0.6 is 0 Å². The summed E-state index contributed by atoms with van der Waals surface area (Å²) in [5, 5.41) is 0. The van der Waals surface area contributed by atoms with Gasteiger partial charge in [0.25, 0.3) is 0 Å². The molecule has 96 valence electrons. The second-order valence-electron chi connectivity index (χ2n) is 5.83. The average molecular weight is 227 g/mol. The van der Waals surface area contributed by atoms with Gasteiger partial charge in [0.05, 0.1) is 0 Å². The fraction of sp³-hybridized carbons (Fsp3) is 0.929. The summed E-state index contributed by atoms with van der Waals surface area (Å²) in [5.41, 5.74) is -0.228. The molecule has 0 aromatic carbocycles. The number of carbonyl (C=O) groups is 1. The zero-order valence-electron chi connectivity index (χ0n) is 12.3. The van der Waals surface area contributed by atoms with Gasteiger partial charge in [-0.15, -0.1) is 0 Å². The number of hydrogen-bond acceptors (Lipinski definition) is 1. The quantitative estimate of drug-likeness (QED) is 0.701. The van der Waals surface area contributed by atoms with Crippen molar-refractivity contribution in [3.8, 4) is 0 Å². The summed E-state index contributed by atoms with van der Waals surface area (Å²) in [7, 11) is 0. The Morgan fingerprint density at radius 1 is 1.06 bits per heavy atom. The van der Waals surface area contributed by atoms with Gasteiger partial charge in [0.1, 0.15) is 0 Å². The lowest BCUT2D eigenvalue weighted by molar-refractivity contribution is -0.148. The van der Waals surface area contributed by atoms with Crippen molar-refractivity contribution in [3.63, 3.8) is 0 Å². The zero-order valence-corrected chi connectivity index (χ0v) is 12.3. The molecule has 0 saturated carbocycles. The smallest absolute Gasteiger partial charge is 0.229 e. The maximum atomic E-state index is 12.6. The van der Waals surface area contributed by atoms with Crippen molar-refractivity contribution < 1.29 is 4.79 Å². The molecule has 0 aromatic heterocycles. The normalized spacial score (nSPS) is 15.7. The van der Waals surface area contributed by atoms with E-state index in [1.165, 1.54) is 0 Å². The average Bonchev–Trinajstić information content (AvgIpc) is 2.14. The third kappa shape index (κ3) is 2.99. The molecule has 0 aromatic rings. The third-order valence-corrected chi connectivity index (χ3v) is 3.84. The minimum absolute atomic E-state index is 0.228. The van der Waals surface area contributed by atoms with Crippen molar-refractivity contribution in [2.75, 3.05) is 0 Å². The van der Waals surface area contributed by atoms with Crippen molar-refractivity contribution in [1.82, 2.24) is 4.90 Å². The Kier molecular flexibility index (Phi) is 5.51. The lowest BCUT2D eigenvalue weighted by Crippen LogP contribution is -2.50. The molecule has 2 heteroatoms. The van der Waals surface area contributed by atoms with Crippen LogP contribution in [0.5, 0.6) is 0 Å². The first-order chi connectivity index (χ1) is 7.18. The molecule has 0 aliphatic carbocycles. The summed E-state index contributed by atoms with van der Waals surface area (Å²) < 4.78 is 0. The number of amides is 1. The highest BCUT2D eigenvalue weighted by molar-refractivity contribution is 5.83. The van der Waals surface area contributed by atoms with Gasteiger partial charge in [-0.1, -0.05) is 27.7 Å². The molecule has 0 N–H and O–H groups in total. The van der Waals surface area contributed by atoms with Gasteiger partial charge >= 0.3 is 0 Å². The van der Waals surface area contributed by atoms with Gasteiger partial charge in [0, 0.05) is 17.5 Å². The van der Waals surface area contributed by atoms with E-state index in [-0.39, 0.29) is 17.5 Å². The van der Waals surface area contributed by atoms with Gasteiger partial charge in [-0.3, -0.25) is 4.79 Å². The molecular formula is C14H29NO. The maximum Gasteiger partial charge on any atom is 0.229 e. The zero-order chi connectivity index (χ0) is 13.1. The monoisotopic (exact) mass is 227 g/mol. The van der Waals surface area contributed by atoms with Crippen LogP contribution in [-0.2, 0) is 4.79 Å². The molecule has 0 fully saturated rings. The maximum absolute atomic E-state index is 12.6. The Bertz CT molecular complexity index is 225. The van der Waals surface area contributed by atoms with Crippen LogP contribution in [-0.4, -0.2) is 22.9 Å². The predicted octanol–water partition coefficient (Wildman–Crippen LogP) is 3.70. The van der Waals surface area contributed by atoms with Gasteiger partial charge in [-0.2, -0.15) is 0 Å². The van der Waals surface area contributed by atoms with Crippen molar-refractivity contribution >= 4 is 5.91 Å². The highest BCUT2D eigenvalue weighted by Gasteiger charge is 2.39. The molecule has 0 aliphatic rings.